The Bertz CT molecular complexity index is 1130. The first kappa shape index (κ1) is 18.9. The van der Waals surface area contributed by atoms with Crippen molar-refractivity contribution in [2.75, 3.05) is 6.61 Å². The lowest BCUT2D eigenvalue weighted by atomic mass is 9.82. The molecule has 3 heterocycles. The third-order valence-electron chi connectivity index (χ3n) is 5.70. The van der Waals surface area contributed by atoms with E-state index in [1.165, 1.54) is 6.92 Å². The molecule has 0 N–H and O–H groups in total. The van der Waals surface area contributed by atoms with Gasteiger partial charge in [0.05, 0.1) is 24.4 Å². The number of hydrogen-bond donors (Lipinski definition) is 0. The van der Waals surface area contributed by atoms with Crippen molar-refractivity contribution in [2.45, 2.75) is 44.3 Å². The summed E-state index contributed by atoms with van der Waals surface area (Å²) in [4.78, 5) is 16.5. The SMILES string of the molecule is CCOC(=O)c1oc2c(c1C(F)(F)F)-c1nn(Cc3ccccn3)cc1C1(CC1)C2. The fourth-order valence-corrected chi connectivity index (χ4v) is 4.20. The predicted octanol–water partition coefficient (Wildman–Crippen LogP) is 4.37. The fourth-order valence-electron chi connectivity index (χ4n) is 4.20. The molecular formula is C21H18F3N3O3. The second-order valence-electron chi connectivity index (χ2n) is 7.69. The normalized spacial score (nSPS) is 16.3. The number of nitrogens with zero attached hydrogens (tertiary/aromatic N) is 3. The zero-order valence-electron chi connectivity index (χ0n) is 16.1. The number of rotatable bonds is 4. The van der Waals surface area contributed by atoms with Gasteiger partial charge in [0.1, 0.15) is 17.0 Å². The van der Waals surface area contributed by atoms with Crippen LogP contribution in [0.25, 0.3) is 11.3 Å². The molecule has 0 amide bonds. The largest absolute Gasteiger partial charge is 0.460 e. The molecule has 0 radical (unpaired) electrons. The van der Waals surface area contributed by atoms with Gasteiger partial charge in [-0.1, -0.05) is 6.07 Å². The molecule has 5 rings (SSSR count). The van der Waals surface area contributed by atoms with Gasteiger partial charge in [0.15, 0.2) is 0 Å². The number of fused-ring (bicyclic) bond motifs is 4. The molecule has 0 bridgehead atoms. The Labute approximate surface area is 169 Å². The quantitative estimate of drug-likeness (QED) is 0.590. The van der Waals surface area contributed by atoms with Crippen LogP contribution in [0.2, 0.25) is 0 Å². The molecular weight excluding hydrogens is 399 g/mol. The molecule has 0 aliphatic heterocycles. The topological polar surface area (TPSA) is 70.2 Å². The Hall–Kier alpha value is -3.10. The zero-order chi connectivity index (χ0) is 21.1. The highest BCUT2D eigenvalue weighted by molar-refractivity contribution is 5.92. The van der Waals surface area contributed by atoms with Crippen molar-refractivity contribution in [3.05, 3.63) is 58.9 Å². The van der Waals surface area contributed by atoms with E-state index in [1.54, 1.807) is 23.1 Å². The summed E-state index contributed by atoms with van der Waals surface area (Å²) in [7, 11) is 0. The van der Waals surface area contributed by atoms with Crippen molar-refractivity contribution in [3.63, 3.8) is 0 Å². The highest BCUT2D eigenvalue weighted by Crippen LogP contribution is 2.59. The van der Waals surface area contributed by atoms with E-state index in [-0.39, 0.29) is 29.0 Å². The van der Waals surface area contributed by atoms with Crippen LogP contribution in [0.4, 0.5) is 13.2 Å². The van der Waals surface area contributed by atoms with Crippen LogP contribution >= 0.6 is 0 Å². The zero-order valence-corrected chi connectivity index (χ0v) is 16.1. The number of esters is 1. The molecule has 3 aromatic heterocycles. The molecule has 2 aliphatic rings. The van der Waals surface area contributed by atoms with E-state index in [9.17, 15) is 18.0 Å². The number of hydrogen-bond acceptors (Lipinski definition) is 5. The number of ether oxygens (including phenoxy) is 1. The van der Waals surface area contributed by atoms with Crippen molar-refractivity contribution >= 4 is 5.97 Å². The maximum absolute atomic E-state index is 14.0. The monoisotopic (exact) mass is 417 g/mol. The Morgan fingerprint density at radius 1 is 1.33 bits per heavy atom. The Morgan fingerprint density at radius 2 is 2.13 bits per heavy atom. The predicted molar refractivity (Wildman–Crippen MR) is 98.8 cm³/mol. The lowest BCUT2D eigenvalue weighted by Gasteiger charge is -2.20. The van der Waals surface area contributed by atoms with Gasteiger partial charge in [0, 0.05) is 29.8 Å². The van der Waals surface area contributed by atoms with Crippen molar-refractivity contribution in [3.8, 4) is 11.3 Å². The standard InChI is InChI=1S/C21H18F3N3O3/c1-2-29-19(28)18-16(21(22,23)24)15-14(30-18)9-20(6-7-20)13-11-27(26-17(13)15)10-12-5-3-4-8-25-12/h3-5,8,11H,2,6-7,9-10H2,1H3. The lowest BCUT2D eigenvalue weighted by Crippen LogP contribution is -2.18. The van der Waals surface area contributed by atoms with E-state index < -0.39 is 23.5 Å². The summed E-state index contributed by atoms with van der Waals surface area (Å²) in [6.45, 7) is 1.82. The summed E-state index contributed by atoms with van der Waals surface area (Å²) in [5.41, 5.74) is 0.229. The molecule has 9 heteroatoms. The van der Waals surface area contributed by atoms with E-state index in [0.29, 0.717) is 13.0 Å². The summed E-state index contributed by atoms with van der Waals surface area (Å²) < 4.78 is 53.9. The third kappa shape index (κ3) is 2.91. The van der Waals surface area contributed by atoms with Gasteiger partial charge in [-0.05, 0) is 31.9 Å². The first-order chi connectivity index (χ1) is 14.3. The van der Waals surface area contributed by atoms with E-state index in [1.807, 2.05) is 12.1 Å². The van der Waals surface area contributed by atoms with Crippen LogP contribution in [0, 0.1) is 0 Å². The fraction of sp³-hybridized carbons (Fsp3) is 0.381. The van der Waals surface area contributed by atoms with E-state index in [4.69, 9.17) is 9.15 Å². The number of carbonyl (C=O) groups is 1. The minimum atomic E-state index is -4.78. The number of alkyl halides is 3. The van der Waals surface area contributed by atoms with Crippen LogP contribution in [0.1, 0.15) is 52.9 Å². The number of carbonyl (C=O) groups excluding carboxylic acids is 1. The highest BCUT2D eigenvalue weighted by atomic mass is 19.4. The van der Waals surface area contributed by atoms with Gasteiger partial charge in [0.25, 0.3) is 0 Å². The number of aromatic nitrogens is 3. The summed E-state index contributed by atoms with van der Waals surface area (Å²) in [5, 5.41) is 4.48. The first-order valence-corrected chi connectivity index (χ1v) is 9.70. The lowest BCUT2D eigenvalue weighted by molar-refractivity contribution is -0.138. The summed E-state index contributed by atoms with van der Waals surface area (Å²) >= 11 is 0. The van der Waals surface area contributed by atoms with Gasteiger partial charge in [-0.3, -0.25) is 9.67 Å². The van der Waals surface area contributed by atoms with Crippen molar-refractivity contribution in [1.82, 2.24) is 14.8 Å². The van der Waals surface area contributed by atoms with Crippen LogP contribution in [0.5, 0.6) is 0 Å². The molecule has 156 valence electrons. The molecule has 0 aromatic carbocycles. The Kier molecular flexibility index (Phi) is 4.06. The summed E-state index contributed by atoms with van der Waals surface area (Å²) in [6.07, 6.45) is 0.666. The van der Waals surface area contributed by atoms with E-state index in [2.05, 4.69) is 10.1 Å². The molecule has 1 spiro atoms. The first-order valence-electron chi connectivity index (χ1n) is 9.70. The average molecular weight is 417 g/mol. The maximum Gasteiger partial charge on any atom is 0.421 e. The van der Waals surface area contributed by atoms with E-state index in [0.717, 1.165) is 24.1 Å². The van der Waals surface area contributed by atoms with Crippen LogP contribution in [-0.2, 0) is 29.3 Å². The molecule has 0 unspecified atom stereocenters. The third-order valence-corrected chi connectivity index (χ3v) is 5.70. The van der Waals surface area contributed by atoms with Crippen molar-refractivity contribution < 1.29 is 27.1 Å². The van der Waals surface area contributed by atoms with Gasteiger partial charge in [-0.15, -0.1) is 0 Å². The minimum Gasteiger partial charge on any atom is -0.460 e. The average Bonchev–Trinajstić information content (AvgIpc) is 3.14. The van der Waals surface area contributed by atoms with Gasteiger partial charge in [-0.2, -0.15) is 18.3 Å². The van der Waals surface area contributed by atoms with E-state index >= 15 is 0 Å². The van der Waals surface area contributed by atoms with Gasteiger partial charge >= 0.3 is 12.1 Å². The molecule has 1 fully saturated rings. The molecule has 2 aliphatic carbocycles. The highest BCUT2D eigenvalue weighted by Gasteiger charge is 2.55. The van der Waals surface area contributed by atoms with Crippen molar-refractivity contribution in [1.29, 1.82) is 0 Å². The number of halogens is 3. The minimum absolute atomic E-state index is 0.0462. The number of pyridine rings is 1. The molecule has 0 saturated heterocycles. The van der Waals surface area contributed by atoms with Crippen LogP contribution in [0.3, 0.4) is 0 Å². The van der Waals surface area contributed by atoms with Gasteiger partial charge in [-0.25, -0.2) is 4.79 Å². The maximum atomic E-state index is 14.0. The second kappa shape index (κ2) is 6.45. The summed E-state index contributed by atoms with van der Waals surface area (Å²) in [5.74, 6) is -1.76. The molecule has 30 heavy (non-hydrogen) atoms. The molecule has 3 aromatic rings. The van der Waals surface area contributed by atoms with Crippen LogP contribution in [-0.4, -0.2) is 27.3 Å². The van der Waals surface area contributed by atoms with Crippen molar-refractivity contribution in [2.24, 2.45) is 0 Å². The van der Waals surface area contributed by atoms with Gasteiger partial charge < -0.3 is 9.15 Å². The second-order valence-corrected chi connectivity index (χ2v) is 7.69. The Morgan fingerprint density at radius 3 is 2.77 bits per heavy atom. The molecule has 0 atom stereocenters. The molecule has 6 nitrogen and oxygen atoms in total. The smallest absolute Gasteiger partial charge is 0.421 e. The number of furan rings is 1. The van der Waals surface area contributed by atoms with Crippen LogP contribution < -0.4 is 0 Å². The Balaban J connectivity index is 1.66. The molecule has 1 saturated carbocycles. The van der Waals surface area contributed by atoms with Crippen LogP contribution in [0.15, 0.2) is 35.0 Å². The summed E-state index contributed by atoms with van der Waals surface area (Å²) in [6, 6.07) is 5.47. The van der Waals surface area contributed by atoms with Gasteiger partial charge in [0.2, 0.25) is 5.76 Å².